The van der Waals surface area contributed by atoms with Crippen LogP contribution in [0.1, 0.15) is 10.5 Å². The standard InChI is InChI=1S/C13H18N4O/c18-13(12-3-1-2-4-14-12)15-9-11-10-16-5-7-17(11)8-6-16/h1-4,11H,5-10H2,(H,15,18). The first-order valence-electron chi connectivity index (χ1n) is 6.48. The molecule has 1 aromatic heterocycles. The number of fused-ring (bicyclic) bond motifs is 3. The molecule has 1 unspecified atom stereocenters. The molecule has 3 saturated heterocycles. The highest BCUT2D eigenvalue weighted by Crippen LogP contribution is 2.14. The van der Waals surface area contributed by atoms with Gasteiger partial charge in [-0.2, -0.15) is 0 Å². The van der Waals surface area contributed by atoms with Crippen LogP contribution in [0.3, 0.4) is 0 Å². The average molecular weight is 246 g/mol. The molecular formula is C13H18N4O. The van der Waals surface area contributed by atoms with Gasteiger partial charge in [0.15, 0.2) is 0 Å². The molecule has 96 valence electrons. The number of amides is 1. The van der Waals surface area contributed by atoms with Crippen LogP contribution in [0.5, 0.6) is 0 Å². The Balaban J connectivity index is 1.54. The van der Waals surface area contributed by atoms with Gasteiger partial charge in [0.2, 0.25) is 0 Å². The number of piperazine rings is 3. The van der Waals surface area contributed by atoms with Gasteiger partial charge in [-0.1, -0.05) is 6.07 Å². The quantitative estimate of drug-likeness (QED) is 0.803. The van der Waals surface area contributed by atoms with Gasteiger partial charge < -0.3 is 5.32 Å². The van der Waals surface area contributed by atoms with Gasteiger partial charge in [-0.3, -0.25) is 19.6 Å². The van der Waals surface area contributed by atoms with Crippen LogP contribution in [0.25, 0.3) is 0 Å². The van der Waals surface area contributed by atoms with E-state index in [1.807, 2.05) is 12.1 Å². The minimum absolute atomic E-state index is 0.0757. The molecule has 3 aliphatic rings. The number of rotatable bonds is 3. The molecule has 0 spiro atoms. The first-order chi connectivity index (χ1) is 8.83. The molecule has 5 nitrogen and oxygen atoms in total. The third-order valence-electron chi connectivity index (χ3n) is 3.79. The normalized spacial score (nSPS) is 30.1. The molecule has 3 fully saturated rings. The number of hydrogen-bond acceptors (Lipinski definition) is 4. The number of carbonyl (C=O) groups excluding carboxylic acids is 1. The molecule has 5 heteroatoms. The topological polar surface area (TPSA) is 48.5 Å². The summed E-state index contributed by atoms with van der Waals surface area (Å²) in [5.41, 5.74) is 0.494. The van der Waals surface area contributed by atoms with Crippen LogP contribution in [0.2, 0.25) is 0 Å². The Hall–Kier alpha value is -1.46. The van der Waals surface area contributed by atoms with Gasteiger partial charge in [0.25, 0.3) is 5.91 Å². The second-order valence-electron chi connectivity index (χ2n) is 4.92. The summed E-state index contributed by atoms with van der Waals surface area (Å²) in [6.07, 6.45) is 1.65. The predicted octanol–water partition coefficient (Wildman–Crippen LogP) is -0.189. The summed E-state index contributed by atoms with van der Waals surface area (Å²) >= 11 is 0. The second kappa shape index (κ2) is 5.04. The predicted molar refractivity (Wildman–Crippen MR) is 68.4 cm³/mol. The van der Waals surface area contributed by atoms with E-state index >= 15 is 0 Å². The maximum atomic E-state index is 11.9. The van der Waals surface area contributed by atoms with E-state index < -0.39 is 0 Å². The summed E-state index contributed by atoms with van der Waals surface area (Å²) in [6, 6.07) is 5.85. The van der Waals surface area contributed by atoms with E-state index in [1.165, 1.54) is 13.1 Å². The fourth-order valence-corrected chi connectivity index (χ4v) is 2.72. The number of carbonyl (C=O) groups is 1. The summed E-state index contributed by atoms with van der Waals surface area (Å²) in [5.74, 6) is -0.0757. The monoisotopic (exact) mass is 246 g/mol. The van der Waals surface area contributed by atoms with Crippen molar-refractivity contribution in [3.8, 4) is 0 Å². The maximum Gasteiger partial charge on any atom is 0.269 e. The Labute approximate surface area is 107 Å². The lowest BCUT2D eigenvalue weighted by Crippen LogP contribution is -2.63. The number of hydrogen-bond donors (Lipinski definition) is 1. The Morgan fingerprint density at radius 2 is 2.17 bits per heavy atom. The highest BCUT2D eigenvalue weighted by molar-refractivity contribution is 5.92. The third kappa shape index (κ3) is 2.37. The fourth-order valence-electron chi connectivity index (χ4n) is 2.72. The van der Waals surface area contributed by atoms with Crippen LogP contribution in [0, 0.1) is 0 Å². The summed E-state index contributed by atoms with van der Waals surface area (Å²) in [6.45, 7) is 6.39. The van der Waals surface area contributed by atoms with Gasteiger partial charge in [0, 0.05) is 51.5 Å². The molecular weight excluding hydrogens is 228 g/mol. The summed E-state index contributed by atoms with van der Waals surface area (Å²) in [7, 11) is 0. The molecule has 0 saturated carbocycles. The zero-order valence-corrected chi connectivity index (χ0v) is 10.4. The lowest BCUT2D eigenvalue weighted by Gasteiger charge is -2.47. The van der Waals surface area contributed by atoms with Crippen LogP contribution in [0.4, 0.5) is 0 Å². The van der Waals surface area contributed by atoms with Crippen molar-refractivity contribution < 1.29 is 4.79 Å². The third-order valence-corrected chi connectivity index (χ3v) is 3.79. The molecule has 1 aromatic rings. The Morgan fingerprint density at radius 3 is 2.78 bits per heavy atom. The van der Waals surface area contributed by atoms with Gasteiger partial charge in [0.1, 0.15) is 5.69 Å². The van der Waals surface area contributed by atoms with Gasteiger partial charge >= 0.3 is 0 Å². The van der Waals surface area contributed by atoms with Crippen LogP contribution in [-0.2, 0) is 0 Å². The van der Waals surface area contributed by atoms with Gasteiger partial charge in [-0.15, -0.1) is 0 Å². The summed E-state index contributed by atoms with van der Waals surface area (Å²) < 4.78 is 0. The molecule has 4 heterocycles. The van der Waals surface area contributed by atoms with Crippen molar-refractivity contribution in [1.29, 1.82) is 0 Å². The number of nitrogens with zero attached hydrogens (tertiary/aromatic N) is 3. The van der Waals surface area contributed by atoms with Gasteiger partial charge in [-0.25, -0.2) is 0 Å². The zero-order chi connectivity index (χ0) is 12.4. The SMILES string of the molecule is O=C(NCC1CN2CCN1CC2)c1ccccn1. The van der Waals surface area contributed by atoms with E-state index in [2.05, 4.69) is 20.1 Å². The number of aromatic nitrogens is 1. The van der Waals surface area contributed by atoms with E-state index in [-0.39, 0.29) is 5.91 Å². The molecule has 0 radical (unpaired) electrons. The minimum atomic E-state index is -0.0757. The lowest BCUT2D eigenvalue weighted by atomic mass is 10.1. The molecule has 3 aliphatic heterocycles. The van der Waals surface area contributed by atoms with Crippen LogP contribution >= 0.6 is 0 Å². The summed E-state index contributed by atoms with van der Waals surface area (Å²) in [5, 5.41) is 2.98. The Morgan fingerprint density at radius 1 is 1.33 bits per heavy atom. The Kier molecular flexibility index (Phi) is 3.25. The van der Waals surface area contributed by atoms with Crippen molar-refractivity contribution in [3.05, 3.63) is 30.1 Å². The molecule has 2 bridgehead atoms. The van der Waals surface area contributed by atoms with E-state index in [1.54, 1.807) is 12.3 Å². The van der Waals surface area contributed by atoms with Crippen molar-refractivity contribution >= 4 is 5.91 Å². The Bertz CT molecular complexity index is 414. The molecule has 18 heavy (non-hydrogen) atoms. The van der Waals surface area contributed by atoms with E-state index in [0.717, 1.165) is 19.6 Å². The zero-order valence-electron chi connectivity index (χ0n) is 10.4. The number of pyridine rings is 1. The van der Waals surface area contributed by atoms with Crippen LogP contribution in [-0.4, -0.2) is 66.0 Å². The smallest absolute Gasteiger partial charge is 0.269 e. The van der Waals surface area contributed by atoms with Crippen molar-refractivity contribution in [2.24, 2.45) is 0 Å². The highest BCUT2D eigenvalue weighted by Gasteiger charge is 2.31. The average Bonchev–Trinajstić information content (AvgIpc) is 2.47. The van der Waals surface area contributed by atoms with E-state index in [4.69, 9.17) is 0 Å². The van der Waals surface area contributed by atoms with Crippen molar-refractivity contribution in [1.82, 2.24) is 20.1 Å². The van der Waals surface area contributed by atoms with Crippen molar-refractivity contribution in [2.45, 2.75) is 6.04 Å². The number of nitrogens with one attached hydrogen (secondary N) is 1. The first-order valence-corrected chi connectivity index (χ1v) is 6.48. The molecule has 1 atom stereocenters. The van der Waals surface area contributed by atoms with Crippen LogP contribution in [0.15, 0.2) is 24.4 Å². The first kappa shape index (κ1) is 11.6. The molecule has 4 rings (SSSR count). The van der Waals surface area contributed by atoms with Gasteiger partial charge in [-0.05, 0) is 12.1 Å². The lowest BCUT2D eigenvalue weighted by molar-refractivity contribution is 0.0138. The molecule has 0 aromatic carbocycles. The van der Waals surface area contributed by atoms with Crippen LogP contribution < -0.4 is 5.32 Å². The van der Waals surface area contributed by atoms with Crippen molar-refractivity contribution in [2.75, 3.05) is 39.3 Å². The maximum absolute atomic E-state index is 11.9. The minimum Gasteiger partial charge on any atom is -0.349 e. The molecule has 0 aliphatic carbocycles. The van der Waals surface area contributed by atoms with Gasteiger partial charge in [0.05, 0.1) is 0 Å². The molecule has 1 amide bonds. The largest absolute Gasteiger partial charge is 0.349 e. The molecule has 1 N–H and O–H groups in total. The van der Waals surface area contributed by atoms with E-state index in [0.29, 0.717) is 18.3 Å². The van der Waals surface area contributed by atoms with Crippen molar-refractivity contribution in [3.63, 3.8) is 0 Å². The highest BCUT2D eigenvalue weighted by atomic mass is 16.1. The summed E-state index contributed by atoms with van der Waals surface area (Å²) in [4.78, 5) is 20.9. The second-order valence-corrected chi connectivity index (χ2v) is 4.92. The fraction of sp³-hybridized carbons (Fsp3) is 0.538. The van der Waals surface area contributed by atoms with E-state index in [9.17, 15) is 4.79 Å².